The summed E-state index contributed by atoms with van der Waals surface area (Å²) in [6.45, 7) is 1.58. The summed E-state index contributed by atoms with van der Waals surface area (Å²) in [6, 6.07) is 3.45. The van der Waals surface area contributed by atoms with Crippen molar-refractivity contribution in [1.29, 1.82) is 0 Å². The predicted octanol–water partition coefficient (Wildman–Crippen LogP) is 1.67. The molecule has 0 aromatic carbocycles. The molecule has 7 heteroatoms. The second-order valence-corrected chi connectivity index (χ2v) is 5.07. The third kappa shape index (κ3) is 3.27. The Morgan fingerprint density at radius 3 is 2.65 bits per heavy atom. The van der Waals surface area contributed by atoms with Gasteiger partial charge in [0.15, 0.2) is 0 Å². The number of aliphatic hydroxyl groups excluding tert-OH is 1. The highest BCUT2D eigenvalue weighted by atomic mass is 19.4. The molecule has 1 heterocycles. The fourth-order valence-electron chi connectivity index (χ4n) is 2.00. The molecule has 0 bridgehead atoms. The molecule has 0 saturated heterocycles. The van der Waals surface area contributed by atoms with E-state index in [1.165, 1.54) is 12.1 Å². The van der Waals surface area contributed by atoms with E-state index in [4.69, 9.17) is 0 Å². The van der Waals surface area contributed by atoms with E-state index < -0.39 is 29.4 Å². The lowest BCUT2D eigenvalue weighted by Crippen LogP contribution is -2.45. The molecule has 2 N–H and O–H groups in total. The minimum atomic E-state index is -4.52. The van der Waals surface area contributed by atoms with E-state index in [-0.39, 0.29) is 12.1 Å². The maximum atomic E-state index is 12.5. The molecule has 1 aromatic rings. The molecule has 1 amide bonds. The molecule has 0 radical (unpaired) electrons. The number of halogens is 3. The number of hydrogen-bond donors (Lipinski definition) is 2. The van der Waals surface area contributed by atoms with Gasteiger partial charge in [0.1, 0.15) is 5.69 Å². The Kier molecular flexibility index (Phi) is 3.73. The van der Waals surface area contributed by atoms with E-state index in [0.29, 0.717) is 12.8 Å². The van der Waals surface area contributed by atoms with Crippen molar-refractivity contribution in [3.05, 3.63) is 29.6 Å². The molecular weight excluding hydrogens is 273 g/mol. The number of alkyl halides is 3. The normalized spacial score (nSPS) is 18.4. The first-order valence-corrected chi connectivity index (χ1v) is 6.25. The van der Waals surface area contributed by atoms with Crippen LogP contribution in [0, 0.1) is 0 Å². The van der Waals surface area contributed by atoms with Crippen LogP contribution in [0.15, 0.2) is 18.2 Å². The fraction of sp³-hybridized carbons (Fsp3) is 0.538. The Morgan fingerprint density at radius 1 is 1.50 bits per heavy atom. The van der Waals surface area contributed by atoms with Gasteiger partial charge in [0.25, 0.3) is 0 Å². The van der Waals surface area contributed by atoms with Crippen LogP contribution in [0.1, 0.15) is 31.2 Å². The van der Waals surface area contributed by atoms with Crippen molar-refractivity contribution < 1.29 is 23.1 Å². The second kappa shape index (κ2) is 5.05. The quantitative estimate of drug-likeness (QED) is 0.886. The Morgan fingerprint density at radius 2 is 2.15 bits per heavy atom. The van der Waals surface area contributed by atoms with Crippen molar-refractivity contribution in [2.24, 2.45) is 0 Å². The van der Waals surface area contributed by atoms with Crippen LogP contribution in [0.4, 0.5) is 13.2 Å². The summed E-state index contributed by atoms with van der Waals surface area (Å²) in [7, 11) is 0. The zero-order valence-electron chi connectivity index (χ0n) is 10.9. The van der Waals surface area contributed by atoms with Gasteiger partial charge in [-0.15, -0.1) is 0 Å². The molecule has 1 fully saturated rings. The standard InChI is InChI=1S/C13H15F3N2O2/c1-8(19)12(5-6-12)18-11(20)7-9-3-2-4-10(17-9)13(14,15)16/h2-4,8,19H,5-7H2,1H3,(H,18,20). The first kappa shape index (κ1) is 14.8. The molecule has 0 spiro atoms. The number of carbonyl (C=O) groups excluding carboxylic acids is 1. The van der Waals surface area contributed by atoms with Gasteiger partial charge in [-0.05, 0) is 31.9 Å². The smallest absolute Gasteiger partial charge is 0.391 e. The summed E-state index contributed by atoms with van der Waals surface area (Å²) in [6.07, 6.45) is -4.10. The number of pyridine rings is 1. The van der Waals surface area contributed by atoms with E-state index >= 15 is 0 Å². The van der Waals surface area contributed by atoms with E-state index in [2.05, 4.69) is 10.3 Å². The van der Waals surface area contributed by atoms with Crippen molar-refractivity contribution in [1.82, 2.24) is 10.3 Å². The van der Waals surface area contributed by atoms with Gasteiger partial charge >= 0.3 is 6.18 Å². The summed E-state index contributed by atoms with van der Waals surface area (Å²) in [5.41, 5.74) is -1.57. The molecule has 110 valence electrons. The van der Waals surface area contributed by atoms with Gasteiger partial charge in [-0.25, -0.2) is 4.98 Å². The third-order valence-corrected chi connectivity index (χ3v) is 3.42. The maximum Gasteiger partial charge on any atom is 0.433 e. The van der Waals surface area contributed by atoms with E-state index in [0.717, 1.165) is 6.07 Å². The van der Waals surface area contributed by atoms with Gasteiger partial charge in [-0.1, -0.05) is 6.07 Å². The average molecular weight is 288 g/mol. The van der Waals surface area contributed by atoms with Crippen molar-refractivity contribution in [2.75, 3.05) is 0 Å². The van der Waals surface area contributed by atoms with Crippen LogP contribution in [0.5, 0.6) is 0 Å². The van der Waals surface area contributed by atoms with Crippen LogP contribution in [-0.4, -0.2) is 27.6 Å². The Hall–Kier alpha value is -1.63. The van der Waals surface area contributed by atoms with Gasteiger partial charge in [0.05, 0.1) is 23.8 Å². The highest BCUT2D eigenvalue weighted by Gasteiger charge is 2.48. The van der Waals surface area contributed by atoms with E-state index in [1.807, 2.05) is 0 Å². The first-order chi connectivity index (χ1) is 9.23. The van der Waals surface area contributed by atoms with Gasteiger partial charge in [0, 0.05) is 0 Å². The molecule has 1 unspecified atom stereocenters. The van der Waals surface area contributed by atoms with Crippen LogP contribution >= 0.6 is 0 Å². The van der Waals surface area contributed by atoms with Gasteiger partial charge in [-0.3, -0.25) is 4.79 Å². The average Bonchev–Trinajstić information content (AvgIpc) is 3.09. The van der Waals surface area contributed by atoms with Crippen molar-refractivity contribution in [2.45, 2.75) is 44.0 Å². The lowest BCUT2D eigenvalue weighted by molar-refractivity contribution is -0.141. The van der Waals surface area contributed by atoms with Crippen LogP contribution < -0.4 is 5.32 Å². The minimum absolute atomic E-state index is 0.0544. The predicted molar refractivity (Wildman–Crippen MR) is 64.7 cm³/mol. The largest absolute Gasteiger partial charge is 0.433 e. The molecule has 2 rings (SSSR count). The molecule has 1 aromatic heterocycles. The second-order valence-electron chi connectivity index (χ2n) is 5.07. The Bertz CT molecular complexity index is 511. The molecule has 20 heavy (non-hydrogen) atoms. The van der Waals surface area contributed by atoms with Crippen molar-refractivity contribution >= 4 is 5.91 Å². The summed E-state index contributed by atoms with van der Waals surface area (Å²) in [5.74, 6) is -0.435. The number of aliphatic hydroxyl groups is 1. The van der Waals surface area contributed by atoms with Gasteiger partial charge in [-0.2, -0.15) is 13.2 Å². The summed E-state index contributed by atoms with van der Waals surface area (Å²) < 4.78 is 37.5. The van der Waals surface area contributed by atoms with Gasteiger partial charge in [0.2, 0.25) is 5.91 Å². The lowest BCUT2D eigenvalue weighted by Gasteiger charge is -2.20. The van der Waals surface area contributed by atoms with Crippen LogP contribution in [-0.2, 0) is 17.4 Å². The summed E-state index contributed by atoms with van der Waals surface area (Å²) >= 11 is 0. The molecular formula is C13H15F3N2O2. The minimum Gasteiger partial charge on any atom is -0.391 e. The number of carbonyl (C=O) groups is 1. The van der Waals surface area contributed by atoms with Gasteiger partial charge < -0.3 is 10.4 Å². The first-order valence-electron chi connectivity index (χ1n) is 6.25. The van der Waals surface area contributed by atoms with Crippen LogP contribution in [0.25, 0.3) is 0 Å². The number of nitrogens with one attached hydrogen (secondary N) is 1. The number of aromatic nitrogens is 1. The van der Waals surface area contributed by atoms with Crippen molar-refractivity contribution in [3.63, 3.8) is 0 Å². The molecule has 1 atom stereocenters. The molecule has 4 nitrogen and oxygen atoms in total. The monoisotopic (exact) mass is 288 g/mol. The fourth-order valence-corrected chi connectivity index (χ4v) is 2.00. The van der Waals surface area contributed by atoms with Crippen LogP contribution in [0.3, 0.4) is 0 Å². The number of nitrogens with zero attached hydrogens (tertiary/aromatic N) is 1. The topological polar surface area (TPSA) is 62.2 Å². The Labute approximate surface area is 114 Å². The SMILES string of the molecule is CC(O)C1(NC(=O)Cc2cccc(C(F)(F)F)n2)CC1. The number of rotatable bonds is 4. The highest BCUT2D eigenvalue weighted by Crippen LogP contribution is 2.38. The number of amides is 1. The summed E-state index contributed by atoms with van der Waals surface area (Å²) in [5, 5.41) is 12.2. The molecule has 0 aliphatic heterocycles. The molecule has 1 aliphatic carbocycles. The highest BCUT2D eigenvalue weighted by molar-refractivity contribution is 5.79. The van der Waals surface area contributed by atoms with E-state index in [9.17, 15) is 23.1 Å². The molecule has 1 aliphatic rings. The lowest BCUT2D eigenvalue weighted by atomic mass is 10.1. The number of hydrogen-bond acceptors (Lipinski definition) is 3. The zero-order chi connectivity index (χ0) is 15.0. The van der Waals surface area contributed by atoms with E-state index in [1.54, 1.807) is 6.92 Å². The van der Waals surface area contributed by atoms with Crippen LogP contribution in [0.2, 0.25) is 0 Å². The Balaban J connectivity index is 2.02. The third-order valence-electron chi connectivity index (χ3n) is 3.42. The molecule has 1 saturated carbocycles. The summed E-state index contributed by atoms with van der Waals surface area (Å²) in [4.78, 5) is 15.2. The maximum absolute atomic E-state index is 12.5. The zero-order valence-corrected chi connectivity index (χ0v) is 10.9. The van der Waals surface area contributed by atoms with Crippen molar-refractivity contribution in [3.8, 4) is 0 Å².